The highest BCUT2D eigenvalue weighted by Gasteiger charge is 2.18. The number of nitrogens with zero attached hydrogens (tertiary/aromatic N) is 2. The van der Waals surface area contributed by atoms with Crippen molar-refractivity contribution in [1.29, 1.82) is 0 Å². The number of nitrogens with one attached hydrogen (secondary N) is 2. The van der Waals surface area contributed by atoms with E-state index in [0.29, 0.717) is 5.92 Å². The van der Waals surface area contributed by atoms with Crippen LogP contribution in [-0.2, 0) is 0 Å². The van der Waals surface area contributed by atoms with Crippen molar-refractivity contribution in [2.45, 2.75) is 46.5 Å². The number of likely N-dealkylation sites (tertiary alicyclic amines) is 1. The first-order chi connectivity index (χ1) is 12.1. The topological polar surface area (TPSA) is 39.7 Å². The van der Waals surface area contributed by atoms with E-state index in [2.05, 4.69) is 67.5 Å². The Morgan fingerprint density at radius 3 is 2.88 bits per heavy atom. The molecule has 2 unspecified atom stereocenters. The Balaban J connectivity index is 1.87. The second-order valence-corrected chi connectivity index (χ2v) is 7.32. The monoisotopic (exact) mass is 344 g/mol. The molecule has 140 valence electrons. The van der Waals surface area contributed by atoms with E-state index in [1.807, 2.05) is 0 Å². The first kappa shape index (κ1) is 19.8. The molecule has 2 rings (SSSR count). The summed E-state index contributed by atoms with van der Waals surface area (Å²) < 4.78 is 0. The normalized spacial score (nSPS) is 20.3. The van der Waals surface area contributed by atoms with Gasteiger partial charge in [-0.15, -0.1) is 0 Å². The summed E-state index contributed by atoms with van der Waals surface area (Å²) >= 11 is 0. The van der Waals surface area contributed by atoms with Crippen LogP contribution in [-0.4, -0.2) is 50.1 Å². The molecular weight excluding hydrogens is 308 g/mol. The predicted molar refractivity (Wildman–Crippen MR) is 108 cm³/mol. The zero-order valence-electron chi connectivity index (χ0n) is 16.5. The molecule has 25 heavy (non-hydrogen) atoms. The van der Waals surface area contributed by atoms with Crippen molar-refractivity contribution < 1.29 is 0 Å². The number of benzene rings is 1. The maximum absolute atomic E-state index is 4.82. The van der Waals surface area contributed by atoms with Gasteiger partial charge in [0.05, 0.1) is 0 Å². The van der Waals surface area contributed by atoms with Crippen LogP contribution in [0.4, 0.5) is 0 Å². The van der Waals surface area contributed by atoms with E-state index in [-0.39, 0.29) is 0 Å². The van der Waals surface area contributed by atoms with Gasteiger partial charge in [0, 0.05) is 32.1 Å². The van der Waals surface area contributed by atoms with Crippen LogP contribution >= 0.6 is 0 Å². The van der Waals surface area contributed by atoms with Crippen LogP contribution in [0.1, 0.15) is 50.7 Å². The second-order valence-electron chi connectivity index (χ2n) is 7.32. The molecule has 0 spiro atoms. The maximum Gasteiger partial charge on any atom is 0.191 e. The van der Waals surface area contributed by atoms with Crippen molar-refractivity contribution in [2.24, 2.45) is 10.9 Å². The van der Waals surface area contributed by atoms with E-state index in [1.165, 1.54) is 43.6 Å². The van der Waals surface area contributed by atoms with E-state index in [9.17, 15) is 0 Å². The molecule has 0 bridgehead atoms. The van der Waals surface area contributed by atoms with Gasteiger partial charge in [0.25, 0.3) is 0 Å². The highest BCUT2D eigenvalue weighted by molar-refractivity contribution is 5.79. The van der Waals surface area contributed by atoms with Gasteiger partial charge in [-0.05, 0) is 51.3 Å². The van der Waals surface area contributed by atoms with Crippen LogP contribution < -0.4 is 10.6 Å². The molecule has 1 heterocycles. The van der Waals surface area contributed by atoms with E-state index in [0.717, 1.165) is 31.5 Å². The van der Waals surface area contributed by atoms with Crippen molar-refractivity contribution >= 4 is 5.96 Å². The smallest absolute Gasteiger partial charge is 0.191 e. The van der Waals surface area contributed by atoms with Gasteiger partial charge in [0.2, 0.25) is 0 Å². The molecule has 1 aliphatic rings. The van der Waals surface area contributed by atoms with Crippen molar-refractivity contribution in [2.75, 3.05) is 39.3 Å². The van der Waals surface area contributed by atoms with Crippen molar-refractivity contribution in [1.82, 2.24) is 15.5 Å². The molecule has 1 fully saturated rings. The summed E-state index contributed by atoms with van der Waals surface area (Å²) in [5, 5.41) is 6.96. The third-order valence-corrected chi connectivity index (χ3v) is 5.09. The van der Waals surface area contributed by atoms with E-state index in [1.54, 1.807) is 0 Å². The standard InChI is InChI=1S/C21H36N4/c1-5-22-21(24-15-19-10-8-12-25(6-2)16-19)23-14-18(4)20-11-7-9-17(3)13-20/h7,9,11,13,18-19H,5-6,8,10,12,14-16H2,1-4H3,(H2,22,23,24). The second kappa shape index (κ2) is 10.4. The molecule has 4 heteroatoms. The van der Waals surface area contributed by atoms with Crippen LogP contribution in [0, 0.1) is 12.8 Å². The molecule has 0 amide bonds. The largest absolute Gasteiger partial charge is 0.357 e. The Morgan fingerprint density at radius 2 is 2.16 bits per heavy atom. The lowest BCUT2D eigenvalue weighted by Gasteiger charge is -2.32. The molecule has 0 aliphatic carbocycles. The minimum absolute atomic E-state index is 0.431. The van der Waals surface area contributed by atoms with Crippen LogP contribution in [0.25, 0.3) is 0 Å². The predicted octanol–water partition coefficient (Wildman–Crippen LogP) is 3.39. The summed E-state index contributed by atoms with van der Waals surface area (Å²) in [5.74, 6) is 2.11. The zero-order chi connectivity index (χ0) is 18.1. The summed E-state index contributed by atoms with van der Waals surface area (Å²) in [6.07, 6.45) is 2.64. The zero-order valence-corrected chi connectivity index (χ0v) is 16.5. The molecule has 2 N–H and O–H groups in total. The van der Waals surface area contributed by atoms with Gasteiger partial charge in [-0.25, -0.2) is 0 Å². The molecular formula is C21H36N4. The average Bonchev–Trinajstić information content (AvgIpc) is 2.64. The minimum atomic E-state index is 0.431. The van der Waals surface area contributed by atoms with Gasteiger partial charge in [-0.2, -0.15) is 0 Å². The highest BCUT2D eigenvalue weighted by Crippen LogP contribution is 2.17. The maximum atomic E-state index is 4.82. The minimum Gasteiger partial charge on any atom is -0.357 e. The van der Waals surface area contributed by atoms with Crippen LogP contribution in [0.2, 0.25) is 0 Å². The Morgan fingerprint density at radius 1 is 1.32 bits per heavy atom. The van der Waals surface area contributed by atoms with Gasteiger partial charge in [0.1, 0.15) is 0 Å². The lowest BCUT2D eigenvalue weighted by Crippen LogP contribution is -2.44. The summed E-state index contributed by atoms with van der Waals surface area (Å²) in [7, 11) is 0. The van der Waals surface area contributed by atoms with Crippen LogP contribution in [0.5, 0.6) is 0 Å². The van der Waals surface area contributed by atoms with Crippen molar-refractivity contribution in [3.8, 4) is 0 Å². The molecule has 0 radical (unpaired) electrons. The van der Waals surface area contributed by atoms with Gasteiger partial charge < -0.3 is 15.5 Å². The van der Waals surface area contributed by atoms with Gasteiger partial charge >= 0.3 is 0 Å². The van der Waals surface area contributed by atoms with E-state index >= 15 is 0 Å². The van der Waals surface area contributed by atoms with Crippen LogP contribution in [0.15, 0.2) is 29.3 Å². The molecule has 2 atom stereocenters. The lowest BCUT2D eigenvalue weighted by atomic mass is 9.98. The third-order valence-electron chi connectivity index (χ3n) is 5.09. The molecule has 1 aromatic carbocycles. The summed E-state index contributed by atoms with van der Waals surface area (Å²) in [5.41, 5.74) is 2.68. The number of piperidine rings is 1. The first-order valence-corrected chi connectivity index (χ1v) is 9.93. The lowest BCUT2D eigenvalue weighted by molar-refractivity contribution is 0.183. The summed E-state index contributed by atoms with van der Waals surface area (Å²) in [6, 6.07) is 8.75. The number of aliphatic imine (C=N–C) groups is 1. The fraction of sp³-hybridized carbons (Fsp3) is 0.667. The first-order valence-electron chi connectivity index (χ1n) is 9.93. The Bertz CT molecular complexity index is 540. The molecule has 0 aromatic heterocycles. The summed E-state index contributed by atoms with van der Waals surface area (Å²) in [6.45, 7) is 15.1. The van der Waals surface area contributed by atoms with Crippen molar-refractivity contribution in [3.05, 3.63) is 35.4 Å². The number of aryl methyl sites for hydroxylation is 1. The number of hydrogen-bond donors (Lipinski definition) is 2. The Kier molecular flexibility index (Phi) is 8.26. The third kappa shape index (κ3) is 6.69. The van der Waals surface area contributed by atoms with Crippen LogP contribution in [0.3, 0.4) is 0 Å². The Hall–Kier alpha value is -1.55. The average molecular weight is 345 g/mol. The SMILES string of the molecule is CCNC(=NCC(C)c1cccc(C)c1)NCC1CCCN(CC)C1. The van der Waals surface area contributed by atoms with E-state index in [4.69, 9.17) is 4.99 Å². The van der Waals surface area contributed by atoms with Crippen molar-refractivity contribution in [3.63, 3.8) is 0 Å². The fourth-order valence-corrected chi connectivity index (χ4v) is 3.50. The van der Waals surface area contributed by atoms with Gasteiger partial charge in [0.15, 0.2) is 5.96 Å². The van der Waals surface area contributed by atoms with E-state index < -0.39 is 0 Å². The molecule has 1 saturated heterocycles. The van der Waals surface area contributed by atoms with Gasteiger partial charge in [-0.1, -0.05) is 43.7 Å². The number of rotatable bonds is 7. The molecule has 0 saturated carbocycles. The highest BCUT2D eigenvalue weighted by atomic mass is 15.2. The molecule has 1 aliphatic heterocycles. The van der Waals surface area contributed by atoms with Gasteiger partial charge in [-0.3, -0.25) is 4.99 Å². The molecule has 1 aromatic rings. The molecule has 4 nitrogen and oxygen atoms in total. The fourth-order valence-electron chi connectivity index (χ4n) is 3.50. The number of hydrogen-bond acceptors (Lipinski definition) is 2. The quantitative estimate of drug-likeness (QED) is 0.588. The Labute approximate surface area is 154 Å². The summed E-state index contributed by atoms with van der Waals surface area (Å²) in [4.78, 5) is 7.38. The number of guanidine groups is 1.